The third-order valence-corrected chi connectivity index (χ3v) is 5.38. The van der Waals surface area contributed by atoms with E-state index in [4.69, 9.17) is 4.42 Å². The van der Waals surface area contributed by atoms with E-state index in [9.17, 15) is 0 Å². The van der Waals surface area contributed by atoms with Gasteiger partial charge in [0.15, 0.2) is 0 Å². The van der Waals surface area contributed by atoms with Crippen LogP contribution in [-0.4, -0.2) is 20.2 Å². The molecule has 0 bridgehead atoms. The van der Waals surface area contributed by atoms with Gasteiger partial charge in [-0.25, -0.2) is 9.97 Å². The van der Waals surface area contributed by atoms with E-state index in [-0.39, 0.29) is 0 Å². The normalized spacial score (nSPS) is 11.4. The third kappa shape index (κ3) is 3.95. The summed E-state index contributed by atoms with van der Waals surface area (Å²) in [5, 5.41) is 9.93. The van der Waals surface area contributed by atoms with Crippen LogP contribution in [0, 0.1) is 6.92 Å². The summed E-state index contributed by atoms with van der Waals surface area (Å²) in [6.07, 6.45) is 3.95. The molecule has 0 amide bonds. The van der Waals surface area contributed by atoms with Gasteiger partial charge in [0.05, 0.1) is 5.69 Å². The third-order valence-electron chi connectivity index (χ3n) is 3.68. The highest BCUT2D eigenvalue weighted by atomic mass is 32.2. The Balaban J connectivity index is 1.41. The standard InChI is InChI=1S/C19H16N4OS2/c1-13-16(20-18(24-13)14-6-3-2-4-7-14)12-26-19-21-17(22-23-19)10-9-15-8-5-11-25-15/h2-11H,12H2,1H3,(H,21,22,23)/b10-9+. The number of nitrogens with one attached hydrogen (secondary N) is 1. The molecule has 4 rings (SSSR count). The Morgan fingerprint density at radius 1 is 1.12 bits per heavy atom. The zero-order valence-corrected chi connectivity index (χ0v) is 15.7. The molecule has 1 N–H and O–H groups in total. The lowest BCUT2D eigenvalue weighted by Crippen LogP contribution is -1.85. The van der Waals surface area contributed by atoms with Crippen molar-refractivity contribution in [1.29, 1.82) is 0 Å². The molecule has 26 heavy (non-hydrogen) atoms. The molecule has 4 aromatic rings. The van der Waals surface area contributed by atoms with Gasteiger partial charge in [-0.05, 0) is 42.7 Å². The number of aromatic amines is 1. The van der Waals surface area contributed by atoms with Crippen LogP contribution in [0.15, 0.2) is 57.4 Å². The van der Waals surface area contributed by atoms with Crippen LogP contribution in [0.25, 0.3) is 23.6 Å². The minimum atomic E-state index is 0.647. The number of nitrogens with zero attached hydrogens (tertiary/aromatic N) is 3. The number of H-pyrrole nitrogens is 1. The van der Waals surface area contributed by atoms with Gasteiger partial charge < -0.3 is 4.42 Å². The molecule has 0 aliphatic carbocycles. The van der Waals surface area contributed by atoms with Gasteiger partial charge in [-0.2, -0.15) is 0 Å². The van der Waals surface area contributed by atoms with Crippen LogP contribution in [0.4, 0.5) is 0 Å². The van der Waals surface area contributed by atoms with Gasteiger partial charge in [-0.3, -0.25) is 5.10 Å². The predicted molar refractivity (Wildman–Crippen MR) is 106 cm³/mol. The molecule has 0 unspecified atom stereocenters. The monoisotopic (exact) mass is 380 g/mol. The SMILES string of the molecule is Cc1oc(-c2ccccc2)nc1CSc1n[nH]c(/C=C/c2cccs2)n1. The lowest BCUT2D eigenvalue weighted by molar-refractivity contribution is 0.540. The van der Waals surface area contributed by atoms with Crippen LogP contribution in [0.2, 0.25) is 0 Å². The number of hydrogen-bond acceptors (Lipinski definition) is 6. The summed E-state index contributed by atoms with van der Waals surface area (Å²) in [6.45, 7) is 1.93. The summed E-state index contributed by atoms with van der Waals surface area (Å²) in [5.74, 6) is 2.87. The molecule has 0 aliphatic heterocycles. The number of aryl methyl sites for hydroxylation is 1. The summed E-state index contributed by atoms with van der Waals surface area (Å²) >= 11 is 3.22. The van der Waals surface area contributed by atoms with E-state index >= 15 is 0 Å². The lowest BCUT2D eigenvalue weighted by Gasteiger charge is -1.93. The summed E-state index contributed by atoms with van der Waals surface area (Å²) < 4.78 is 5.79. The van der Waals surface area contributed by atoms with Gasteiger partial charge in [-0.15, -0.1) is 16.4 Å². The fraction of sp³-hybridized carbons (Fsp3) is 0.105. The predicted octanol–water partition coefficient (Wildman–Crippen LogP) is 5.29. The van der Waals surface area contributed by atoms with Gasteiger partial charge in [0.25, 0.3) is 0 Å². The second kappa shape index (κ2) is 7.72. The van der Waals surface area contributed by atoms with Crippen molar-refractivity contribution in [2.24, 2.45) is 0 Å². The summed E-state index contributed by atoms with van der Waals surface area (Å²) in [6, 6.07) is 14.0. The largest absolute Gasteiger partial charge is 0.441 e. The minimum Gasteiger partial charge on any atom is -0.441 e. The molecule has 0 saturated carbocycles. The first-order valence-electron chi connectivity index (χ1n) is 8.06. The Labute approximate surface area is 159 Å². The van der Waals surface area contributed by atoms with E-state index in [1.54, 1.807) is 11.3 Å². The van der Waals surface area contributed by atoms with Crippen LogP contribution < -0.4 is 0 Å². The zero-order valence-electron chi connectivity index (χ0n) is 14.0. The Kier molecular flexibility index (Phi) is 4.99. The first-order valence-corrected chi connectivity index (χ1v) is 9.93. The number of thioether (sulfide) groups is 1. The molecule has 1 aromatic carbocycles. The molecule has 5 nitrogen and oxygen atoms in total. The van der Waals surface area contributed by atoms with Crippen molar-refractivity contribution < 1.29 is 4.42 Å². The van der Waals surface area contributed by atoms with Gasteiger partial charge in [0.2, 0.25) is 11.0 Å². The zero-order chi connectivity index (χ0) is 17.8. The van der Waals surface area contributed by atoms with Crippen molar-refractivity contribution in [3.8, 4) is 11.5 Å². The molecular weight excluding hydrogens is 364 g/mol. The van der Waals surface area contributed by atoms with Crippen LogP contribution in [-0.2, 0) is 5.75 Å². The Bertz CT molecular complexity index is 1000. The van der Waals surface area contributed by atoms with Crippen LogP contribution in [0.1, 0.15) is 22.2 Å². The summed E-state index contributed by atoms with van der Waals surface area (Å²) in [5.41, 5.74) is 1.89. The number of oxazole rings is 1. The molecule has 0 fully saturated rings. The van der Waals surface area contributed by atoms with Crippen molar-refractivity contribution in [2.45, 2.75) is 17.8 Å². The molecule has 0 saturated heterocycles. The van der Waals surface area contributed by atoms with E-state index in [0.717, 1.165) is 22.8 Å². The maximum absolute atomic E-state index is 5.79. The molecule has 7 heteroatoms. The average Bonchev–Trinajstić information content (AvgIpc) is 3.40. The van der Waals surface area contributed by atoms with Crippen molar-refractivity contribution in [2.75, 3.05) is 0 Å². The number of thiophene rings is 1. The molecule has 3 aromatic heterocycles. The second-order valence-corrected chi connectivity index (χ2v) is 7.45. The van der Waals surface area contributed by atoms with E-state index in [1.165, 1.54) is 16.6 Å². The molecule has 3 heterocycles. The number of aromatic nitrogens is 4. The van der Waals surface area contributed by atoms with Crippen molar-refractivity contribution in [3.63, 3.8) is 0 Å². The summed E-state index contributed by atoms with van der Waals surface area (Å²) in [4.78, 5) is 10.3. The molecule has 0 aliphatic rings. The van der Waals surface area contributed by atoms with E-state index < -0.39 is 0 Å². The average molecular weight is 380 g/mol. The van der Waals surface area contributed by atoms with Crippen molar-refractivity contribution in [3.05, 3.63) is 70.0 Å². The highest BCUT2D eigenvalue weighted by Gasteiger charge is 2.12. The van der Waals surface area contributed by atoms with Gasteiger partial charge in [0.1, 0.15) is 11.6 Å². The summed E-state index contributed by atoms with van der Waals surface area (Å²) in [7, 11) is 0. The molecular formula is C19H16N4OS2. The maximum Gasteiger partial charge on any atom is 0.226 e. The smallest absolute Gasteiger partial charge is 0.226 e. The molecule has 0 radical (unpaired) electrons. The van der Waals surface area contributed by atoms with Gasteiger partial charge in [-0.1, -0.05) is 36.0 Å². The van der Waals surface area contributed by atoms with Gasteiger partial charge >= 0.3 is 0 Å². The van der Waals surface area contributed by atoms with E-state index in [2.05, 4.69) is 26.2 Å². The quantitative estimate of drug-likeness (QED) is 0.460. The Morgan fingerprint density at radius 2 is 2.00 bits per heavy atom. The lowest BCUT2D eigenvalue weighted by atomic mass is 10.2. The highest BCUT2D eigenvalue weighted by Crippen LogP contribution is 2.26. The van der Waals surface area contributed by atoms with Crippen LogP contribution >= 0.6 is 23.1 Å². The van der Waals surface area contributed by atoms with Crippen molar-refractivity contribution >= 4 is 35.3 Å². The maximum atomic E-state index is 5.79. The molecule has 0 atom stereocenters. The first-order chi connectivity index (χ1) is 12.8. The number of rotatable bonds is 6. The number of benzene rings is 1. The van der Waals surface area contributed by atoms with Crippen LogP contribution in [0.3, 0.4) is 0 Å². The highest BCUT2D eigenvalue weighted by molar-refractivity contribution is 7.98. The first kappa shape index (κ1) is 16.8. The van der Waals surface area contributed by atoms with Gasteiger partial charge in [0, 0.05) is 16.2 Å². The van der Waals surface area contributed by atoms with E-state index in [0.29, 0.717) is 16.8 Å². The van der Waals surface area contributed by atoms with E-state index in [1.807, 2.05) is 60.9 Å². The van der Waals surface area contributed by atoms with Crippen LogP contribution in [0.5, 0.6) is 0 Å². The second-order valence-electron chi connectivity index (χ2n) is 5.53. The minimum absolute atomic E-state index is 0.647. The Hall–Kier alpha value is -2.64. The van der Waals surface area contributed by atoms with Crippen molar-refractivity contribution in [1.82, 2.24) is 20.2 Å². The molecule has 0 spiro atoms. The fourth-order valence-electron chi connectivity index (χ4n) is 2.34. The Morgan fingerprint density at radius 3 is 2.81 bits per heavy atom. The topological polar surface area (TPSA) is 67.6 Å². The number of hydrogen-bond donors (Lipinski definition) is 1. The fourth-order valence-corrected chi connectivity index (χ4v) is 3.77. The molecule has 130 valence electrons.